The molecule has 1 aliphatic heterocycles. The first kappa shape index (κ1) is 14.0. The monoisotopic (exact) mass is 268 g/mol. The molecular formula is C12H20N4O3. The van der Waals surface area contributed by atoms with Gasteiger partial charge in [0, 0.05) is 46.1 Å². The Labute approximate surface area is 112 Å². The Morgan fingerprint density at radius 3 is 2.42 bits per heavy atom. The van der Waals surface area contributed by atoms with Crippen molar-refractivity contribution in [3.63, 3.8) is 0 Å². The van der Waals surface area contributed by atoms with Crippen LogP contribution in [0, 0.1) is 0 Å². The Morgan fingerprint density at radius 2 is 2.00 bits per heavy atom. The highest BCUT2D eigenvalue weighted by Gasteiger charge is 2.37. The molecule has 0 spiro atoms. The van der Waals surface area contributed by atoms with Gasteiger partial charge in [-0.1, -0.05) is 0 Å². The Kier molecular flexibility index (Phi) is 4.18. The summed E-state index contributed by atoms with van der Waals surface area (Å²) in [5, 5.41) is 4.03. The topological polar surface area (TPSA) is 82.6 Å². The minimum Gasteiger partial charge on any atom is -0.377 e. The van der Waals surface area contributed by atoms with E-state index in [0.717, 1.165) is 0 Å². The molecule has 2 N–H and O–H groups in total. The fourth-order valence-electron chi connectivity index (χ4n) is 2.32. The Balaban J connectivity index is 2.04. The first-order chi connectivity index (χ1) is 9.06. The quantitative estimate of drug-likeness (QED) is 0.780. The number of hydrogen-bond donors (Lipinski definition) is 1. The second kappa shape index (κ2) is 5.68. The number of rotatable bonds is 4. The highest BCUT2D eigenvalue weighted by molar-refractivity contribution is 5.83. The zero-order chi connectivity index (χ0) is 14.0. The molecule has 0 radical (unpaired) electrons. The Morgan fingerprint density at radius 1 is 1.42 bits per heavy atom. The summed E-state index contributed by atoms with van der Waals surface area (Å²) in [5.74, 6) is -0.130. The molecular weight excluding hydrogens is 248 g/mol. The van der Waals surface area contributed by atoms with E-state index in [2.05, 4.69) is 5.10 Å². The SMILES string of the molecule is COC1CN(C(=O)C(N)c2cnn(C)c2)CC1OC. The number of amides is 1. The number of carbonyl (C=O) groups excluding carboxylic acids is 1. The summed E-state index contributed by atoms with van der Waals surface area (Å²) in [5.41, 5.74) is 6.69. The van der Waals surface area contributed by atoms with Gasteiger partial charge in [-0.2, -0.15) is 5.10 Å². The number of aryl methyl sites for hydroxylation is 1. The fourth-order valence-corrected chi connectivity index (χ4v) is 2.32. The van der Waals surface area contributed by atoms with Crippen molar-refractivity contribution >= 4 is 5.91 Å². The van der Waals surface area contributed by atoms with Crippen LogP contribution in [0.5, 0.6) is 0 Å². The molecule has 2 rings (SSSR count). The molecule has 2 heterocycles. The van der Waals surface area contributed by atoms with Crippen LogP contribution in [-0.4, -0.2) is 60.1 Å². The van der Waals surface area contributed by atoms with E-state index >= 15 is 0 Å². The fraction of sp³-hybridized carbons (Fsp3) is 0.667. The predicted octanol–water partition coefficient (Wildman–Crippen LogP) is -0.708. The van der Waals surface area contributed by atoms with Gasteiger partial charge in [-0.25, -0.2) is 0 Å². The number of ether oxygens (including phenoxy) is 2. The minimum absolute atomic E-state index is 0.102. The summed E-state index contributed by atoms with van der Waals surface area (Å²) in [7, 11) is 5.02. The number of likely N-dealkylation sites (tertiary alicyclic amines) is 1. The third kappa shape index (κ3) is 2.78. The Bertz CT molecular complexity index is 436. The molecule has 1 saturated heterocycles. The van der Waals surface area contributed by atoms with Crippen molar-refractivity contribution in [2.24, 2.45) is 12.8 Å². The van der Waals surface area contributed by atoms with E-state index in [1.165, 1.54) is 0 Å². The van der Waals surface area contributed by atoms with Gasteiger partial charge in [-0.05, 0) is 0 Å². The number of nitrogens with zero attached hydrogens (tertiary/aromatic N) is 3. The molecule has 1 aliphatic rings. The first-order valence-corrected chi connectivity index (χ1v) is 6.15. The van der Waals surface area contributed by atoms with Gasteiger partial charge in [0.25, 0.3) is 0 Å². The molecule has 0 aliphatic carbocycles. The number of aromatic nitrogens is 2. The standard InChI is InChI=1S/C12H20N4O3/c1-15-5-8(4-14-15)11(13)12(17)16-6-9(18-2)10(7-16)19-3/h4-5,9-11H,6-7,13H2,1-3H3. The molecule has 0 aromatic carbocycles. The molecule has 7 nitrogen and oxygen atoms in total. The average Bonchev–Trinajstić information content (AvgIpc) is 3.02. The van der Waals surface area contributed by atoms with E-state index in [1.807, 2.05) is 0 Å². The molecule has 106 valence electrons. The first-order valence-electron chi connectivity index (χ1n) is 6.15. The number of hydrogen-bond acceptors (Lipinski definition) is 5. The largest absolute Gasteiger partial charge is 0.377 e. The van der Waals surface area contributed by atoms with Crippen LogP contribution in [0.4, 0.5) is 0 Å². The molecule has 7 heteroatoms. The molecule has 3 atom stereocenters. The van der Waals surface area contributed by atoms with Crippen LogP contribution in [0.2, 0.25) is 0 Å². The number of carbonyl (C=O) groups is 1. The molecule has 3 unspecified atom stereocenters. The lowest BCUT2D eigenvalue weighted by Crippen LogP contribution is -2.37. The lowest BCUT2D eigenvalue weighted by molar-refractivity contribution is -0.132. The summed E-state index contributed by atoms with van der Waals surface area (Å²) in [4.78, 5) is 14.0. The molecule has 1 aromatic rings. The highest BCUT2D eigenvalue weighted by Crippen LogP contribution is 2.20. The van der Waals surface area contributed by atoms with Crippen molar-refractivity contribution in [1.82, 2.24) is 14.7 Å². The van der Waals surface area contributed by atoms with Gasteiger partial charge in [-0.3, -0.25) is 9.48 Å². The second-order valence-corrected chi connectivity index (χ2v) is 4.72. The minimum atomic E-state index is -0.693. The summed E-state index contributed by atoms with van der Waals surface area (Å²) in [6, 6.07) is -0.693. The van der Waals surface area contributed by atoms with Gasteiger partial charge < -0.3 is 20.1 Å². The van der Waals surface area contributed by atoms with Gasteiger partial charge in [0.05, 0.1) is 6.20 Å². The van der Waals surface area contributed by atoms with Crippen molar-refractivity contribution < 1.29 is 14.3 Å². The van der Waals surface area contributed by atoms with Crippen molar-refractivity contribution in [3.8, 4) is 0 Å². The molecule has 0 bridgehead atoms. The normalized spacial score (nSPS) is 24.7. The molecule has 1 aromatic heterocycles. The lowest BCUT2D eigenvalue weighted by Gasteiger charge is -2.19. The van der Waals surface area contributed by atoms with E-state index in [4.69, 9.17) is 15.2 Å². The molecule has 1 amide bonds. The van der Waals surface area contributed by atoms with E-state index in [1.54, 1.807) is 43.2 Å². The lowest BCUT2D eigenvalue weighted by atomic mass is 10.1. The van der Waals surface area contributed by atoms with Crippen LogP contribution in [-0.2, 0) is 21.3 Å². The van der Waals surface area contributed by atoms with E-state index in [0.29, 0.717) is 18.7 Å². The summed E-state index contributed by atoms with van der Waals surface area (Å²) in [6.07, 6.45) is 3.16. The van der Waals surface area contributed by atoms with Crippen molar-refractivity contribution in [2.75, 3.05) is 27.3 Å². The van der Waals surface area contributed by atoms with Crippen molar-refractivity contribution in [1.29, 1.82) is 0 Å². The van der Waals surface area contributed by atoms with Gasteiger partial charge in [-0.15, -0.1) is 0 Å². The maximum absolute atomic E-state index is 12.3. The van der Waals surface area contributed by atoms with Gasteiger partial charge in [0.1, 0.15) is 18.2 Å². The van der Waals surface area contributed by atoms with Crippen LogP contribution in [0.1, 0.15) is 11.6 Å². The van der Waals surface area contributed by atoms with Gasteiger partial charge >= 0.3 is 0 Å². The Hall–Kier alpha value is -1.44. The zero-order valence-corrected chi connectivity index (χ0v) is 11.4. The second-order valence-electron chi connectivity index (χ2n) is 4.72. The molecule has 0 saturated carbocycles. The van der Waals surface area contributed by atoms with Crippen molar-refractivity contribution in [2.45, 2.75) is 18.2 Å². The smallest absolute Gasteiger partial charge is 0.244 e. The van der Waals surface area contributed by atoms with Crippen LogP contribution >= 0.6 is 0 Å². The summed E-state index contributed by atoms with van der Waals surface area (Å²) >= 11 is 0. The van der Waals surface area contributed by atoms with Crippen LogP contribution in [0.15, 0.2) is 12.4 Å². The summed E-state index contributed by atoms with van der Waals surface area (Å²) in [6.45, 7) is 1.00. The number of methoxy groups -OCH3 is 2. The molecule has 1 fully saturated rings. The average molecular weight is 268 g/mol. The van der Waals surface area contributed by atoms with Crippen LogP contribution < -0.4 is 5.73 Å². The van der Waals surface area contributed by atoms with Crippen LogP contribution in [0.3, 0.4) is 0 Å². The maximum Gasteiger partial charge on any atom is 0.244 e. The van der Waals surface area contributed by atoms with E-state index in [-0.39, 0.29) is 18.1 Å². The van der Waals surface area contributed by atoms with Gasteiger partial charge in [0.2, 0.25) is 5.91 Å². The highest BCUT2D eigenvalue weighted by atomic mass is 16.5. The summed E-state index contributed by atoms with van der Waals surface area (Å²) < 4.78 is 12.2. The van der Waals surface area contributed by atoms with Crippen molar-refractivity contribution in [3.05, 3.63) is 18.0 Å². The van der Waals surface area contributed by atoms with Crippen LogP contribution in [0.25, 0.3) is 0 Å². The van der Waals surface area contributed by atoms with E-state index < -0.39 is 6.04 Å². The predicted molar refractivity (Wildman–Crippen MR) is 68.3 cm³/mol. The zero-order valence-electron chi connectivity index (χ0n) is 11.4. The van der Waals surface area contributed by atoms with Gasteiger partial charge in [0.15, 0.2) is 0 Å². The third-order valence-electron chi connectivity index (χ3n) is 3.48. The maximum atomic E-state index is 12.3. The van der Waals surface area contributed by atoms with E-state index in [9.17, 15) is 4.79 Å². The number of nitrogens with two attached hydrogens (primary N) is 1. The molecule has 19 heavy (non-hydrogen) atoms. The third-order valence-corrected chi connectivity index (χ3v) is 3.48.